The van der Waals surface area contributed by atoms with Crippen molar-refractivity contribution in [2.24, 2.45) is 0 Å². The van der Waals surface area contributed by atoms with Gasteiger partial charge in [0.25, 0.3) is 0 Å². The van der Waals surface area contributed by atoms with Crippen molar-refractivity contribution in [2.45, 2.75) is 12.3 Å². The molecule has 1 atom stereocenters. The number of rotatable bonds is 2. The predicted molar refractivity (Wildman–Crippen MR) is 58.1 cm³/mol. The SMILES string of the molecule is CN1CC(CC=O)c2c(Cl)cccc21. The minimum atomic E-state index is 0.265. The van der Waals surface area contributed by atoms with E-state index in [1.807, 2.05) is 25.2 Å². The molecule has 14 heavy (non-hydrogen) atoms. The number of hydrogen-bond donors (Lipinski definition) is 0. The third-order valence-corrected chi connectivity index (χ3v) is 3.05. The molecule has 1 aliphatic heterocycles. The third kappa shape index (κ3) is 1.40. The van der Waals surface area contributed by atoms with Crippen LogP contribution in [-0.4, -0.2) is 19.9 Å². The van der Waals surface area contributed by atoms with Gasteiger partial charge in [-0.25, -0.2) is 0 Å². The lowest BCUT2D eigenvalue weighted by molar-refractivity contribution is -0.108. The van der Waals surface area contributed by atoms with Gasteiger partial charge in [-0.1, -0.05) is 17.7 Å². The van der Waals surface area contributed by atoms with Crippen LogP contribution in [0.2, 0.25) is 5.02 Å². The summed E-state index contributed by atoms with van der Waals surface area (Å²) in [5.74, 6) is 0.265. The molecule has 1 aliphatic rings. The first-order valence-electron chi connectivity index (χ1n) is 4.67. The molecule has 0 radical (unpaired) electrons. The molecule has 3 heteroatoms. The van der Waals surface area contributed by atoms with Gasteiger partial charge in [0.15, 0.2) is 0 Å². The summed E-state index contributed by atoms with van der Waals surface area (Å²) in [5.41, 5.74) is 2.29. The van der Waals surface area contributed by atoms with Crippen LogP contribution in [0.3, 0.4) is 0 Å². The Bertz CT molecular complexity index is 364. The van der Waals surface area contributed by atoms with Crippen LogP contribution < -0.4 is 4.90 Å². The monoisotopic (exact) mass is 209 g/mol. The van der Waals surface area contributed by atoms with Crippen LogP contribution in [0.25, 0.3) is 0 Å². The van der Waals surface area contributed by atoms with Crippen molar-refractivity contribution in [1.29, 1.82) is 0 Å². The smallest absolute Gasteiger partial charge is 0.120 e. The van der Waals surface area contributed by atoms with Gasteiger partial charge in [0.05, 0.1) is 0 Å². The second-order valence-electron chi connectivity index (χ2n) is 3.65. The second-order valence-corrected chi connectivity index (χ2v) is 4.06. The summed E-state index contributed by atoms with van der Waals surface area (Å²) in [6.07, 6.45) is 1.53. The molecule has 2 rings (SSSR count). The highest BCUT2D eigenvalue weighted by atomic mass is 35.5. The highest BCUT2D eigenvalue weighted by Gasteiger charge is 2.27. The topological polar surface area (TPSA) is 20.3 Å². The maximum atomic E-state index is 10.5. The molecule has 1 unspecified atom stereocenters. The number of anilines is 1. The number of halogens is 1. The summed E-state index contributed by atoms with van der Waals surface area (Å²) in [6.45, 7) is 0.887. The lowest BCUT2D eigenvalue weighted by atomic mass is 9.99. The molecular formula is C11H12ClNO. The zero-order valence-corrected chi connectivity index (χ0v) is 8.79. The quantitative estimate of drug-likeness (QED) is 0.698. The molecule has 74 valence electrons. The zero-order valence-electron chi connectivity index (χ0n) is 8.03. The molecular weight excluding hydrogens is 198 g/mol. The van der Waals surface area contributed by atoms with Gasteiger partial charge in [0, 0.05) is 36.6 Å². The van der Waals surface area contributed by atoms with E-state index in [-0.39, 0.29) is 5.92 Å². The molecule has 0 aromatic heterocycles. The number of benzene rings is 1. The molecule has 0 aliphatic carbocycles. The normalized spacial score (nSPS) is 19.6. The van der Waals surface area contributed by atoms with Gasteiger partial charge < -0.3 is 9.69 Å². The van der Waals surface area contributed by atoms with E-state index in [4.69, 9.17) is 11.6 Å². The van der Waals surface area contributed by atoms with Gasteiger partial charge in [-0.15, -0.1) is 0 Å². The van der Waals surface area contributed by atoms with Crippen LogP contribution in [0.5, 0.6) is 0 Å². The molecule has 0 saturated carbocycles. The first kappa shape index (κ1) is 9.53. The highest BCUT2D eigenvalue weighted by molar-refractivity contribution is 6.32. The van der Waals surface area contributed by atoms with Gasteiger partial charge in [0.2, 0.25) is 0 Å². The average Bonchev–Trinajstić information content (AvgIpc) is 2.46. The molecule has 0 bridgehead atoms. The molecule has 1 aromatic rings. The van der Waals surface area contributed by atoms with E-state index >= 15 is 0 Å². The van der Waals surface area contributed by atoms with Crippen LogP contribution in [-0.2, 0) is 4.79 Å². The van der Waals surface area contributed by atoms with Crippen LogP contribution in [0.4, 0.5) is 5.69 Å². The Balaban J connectivity index is 2.45. The van der Waals surface area contributed by atoms with Crippen molar-refractivity contribution < 1.29 is 4.79 Å². The van der Waals surface area contributed by atoms with Gasteiger partial charge >= 0.3 is 0 Å². The van der Waals surface area contributed by atoms with E-state index in [0.717, 1.165) is 29.1 Å². The Morgan fingerprint density at radius 2 is 2.43 bits per heavy atom. The maximum absolute atomic E-state index is 10.5. The van der Waals surface area contributed by atoms with Crippen molar-refractivity contribution in [3.8, 4) is 0 Å². The maximum Gasteiger partial charge on any atom is 0.120 e. The number of nitrogens with zero attached hydrogens (tertiary/aromatic N) is 1. The predicted octanol–water partition coefficient (Wildman–Crippen LogP) is 2.46. The Kier molecular flexibility index (Phi) is 2.46. The number of aldehydes is 1. The fourth-order valence-corrected chi connectivity index (χ4v) is 2.42. The first-order chi connectivity index (χ1) is 6.74. The fraction of sp³-hybridized carbons (Fsp3) is 0.364. The summed E-state index contributed by atoms with van der Waals surface area (Å²) < 4.78 is 0. The Labute approximate surface area is 88.5 Å². The van der Waals surface area contributed by atoms with E-state index < -0.39 is 0 Å². The lowest BCUT2D eigenvalue weighted by Gasteiger charge is -2.11. The summed E-state index contributed by atoms with van der Waals surface area (Å²) in [4.78, 5) is 12.7. The molecule has 1 heterocycles. The molecule has 2 nitrogen and oxygen atoms in total. The van der Waals surface area contributed by atoms with E-state index in [1.54, 1.807) is 0 Å². The average molecular weight is 210 g/mol. The van der Waals surface area contributed by atoms with E-state index in [9.17, 15) is 4.79 Å². The Hall–Kier alpha value is -1.02. The number of hydrogen-bond acceptors (Lipinski definition) is 2. The number of carbonyl (C=O) groups is 1. The van der Waals surface area contributed by atoms with E-state index in [2.05, 4.69) is 4.90 Å². The standard InChI is InChI=1S/C11H12ClNO/c1-13-7-8(5-6-14)11-9(12)3-2-4-10(11)13/h2-4,6,8H,5,7H2,1H3. The third-order valence-electron chi connectivity index (χ3n) is 2.72. The highest BCUT2D eigenvalue weighted by Crippen LogP contribution is 2.40. The number of fused-ring (bicyclic) bond motifs is 1. The van der Waals surface area contributed by atoms with Crippen molar-refractivity contribution >= 4 is 23.6 Å². The van der Waals surface area contributed by atoms with E-state index in [1.165, 1.54) is 0 Å². The molecule has 0 saturated heterocycles. The molecule has 0 N–H and O–H groups in total. The van der Waals surface area contributed by atoms with Crippen molar-refractivity contribution in [2.75, 3.05) is 18.5 Å². The first-order valence-corrected chi connectivity index (χ1v) is 5.05. The van der Waals surface area contributed by atoms with Gasteiger partial charge in [-0.2, -0.15) is 0 Å². The van der Waals surface area contributed by atoms with E-state index in [0.29, 0.717) is 6.42 Å². The summed E-state index contributed by atoms with van der Waals surface area (Å²) in [5, 5.41) is 0.777. The van der Waals surface area contributed by atoms with Crippen LogP contribution in [0.15, 0.2) is 18.2 Å². The van der Waals surface area contributed by atoms with Crippen LogP contribution in [0.1, 0.15) is 17.9 Å². The molecule has 1 aromatic carbocycles. The lowest BCUT2D eigenvalue weighted by Crippen LogP contribution is -2.15. The van der Waals surface area contributed by atoms with Crippen LogP contribution in [0, 0.1) is 0 Å². The van der Waals surface area contributed by atoms with Crippen LogP contribution >= 0.6 is 11.6 Å². The van der Waals surface area contributed by atoms with Crippen molar-refractivity contribution in [3.05, 3.63) is 28.8 Å². The van der Waals surface area contributed by atoms with Gasteiger partial charge in [-0.3, -0.25) is 0 Å². The Morgan fingerprint density at radius 3 is 3.14 bits per heavy atom. The number of carbonyl (C=O) groups excluding carboxylic acids is 1. The van der Waals surface area contributed by atoms with Crippen molar-refractivity contribution in [3.63, 3.8) is 0 Å². The molecule has 0 fully saturated rings. The minimum Gasteiger partial charge on any atom is -0.374 e. The summed E-state index contributed by atoms with van der Waals surface area (Å²) in [6, 6.07) is 5.88. The van der Waals surface area contributed by atoms with Gasteiger partial charge in [-0.05, 0) is 17.7 Å². The molecule has 0 amide bonds. The summed E-state index contributed by atoms with van der Waals surface area (Å²) in [7, 11) is 2.03. The largest absolute Gasteiger partial charge is 0.374 e. The minimum absolute atomic E-state index is 0.265. The van der Waals surface area contributed by atoms with Gasteiger partial charge in [0.1, 0.15) is 6.29 Å². The zero-order chi connectivity index (χ0) is 10.1. The fourth-order valence-electron chi connectivity index (χ4n) is 2.09. The number of likely N-dealkylation sites (N-methyl/N-ethyl adjacent to an activating group) is 1. The Morgan fingerprint density at radius 1 is 1.64 bits per heavy atom. The second kappa shape index (κ2) is 3.62. The molecule has 0 spiro atoms. The summed E-state index contributed by atoms with van der Waals surface area (Å²) >= 11 is 6.12. The van der Waals surface area contributed by atoms with Crippen molar-refractivity contribution in [1.82, 2.24) is 0 Å².